The third kappa shape index (κ3) is 4.20. The molecule has 1 fully saturated rings. The number of carbonyl (C=O) groups is 2. The molecular weight excluding hydrogens is 244 g/mol. The molecule has 1 aliphatic rings. The van der Waals surface area contributed by atoms with Crippen molar-refractivity contribution in [1.82, 2.24) is 10.2 Å². The lowest BCUT2D eigenvalue weighted by atomic mass is 9.88. The van der Waals surface area contributed by atoms with E-state index < -0.39 is 11.5 Å². The molecule has 0 bridgehead atoms. The second kappa shape index (κ2) is 5.90. The summed E-state index contributed by atoms with van der Waals surface area (Å²) < 4.78 is 0. The topological polar surface area (TPSA) is 69.6 Å². The zero-order valence-electron chi connectivity index (χ0n) is 12.5. The molecule has 1 saturated heterocycles. The lowest BCUT2D eigenvalue weighted by molar-refractivity contribution is -0.145. The van der Waals surface area contributed by atoms with Gasteiger partial charge in [0.1, 0.15) is 0 Å². The fourth-order valence-corrected chi connectivity index (χ4v) is 2.49. The number of aliphatic carboxylic acids is 1. The van der Waals surface area contributed by atoms with Gasteiger partial charge in [-0.1, -0.05) is 0 Å². The van der Waals surface area contributed by atoms with Gasteiger partial charge >= 0.3 is 5.97 Å². The summed E-state index contributed by atoms with van der Waals surface area (Å²) in [5.74, 6) is -0.857. The van der Waals surface area contributed by atoms with Crippen LogP contribution in [0.2, 0.25) is 0 Å². The maximum absolute atomic E-state index is 12.7. The third-order valence-corrected chi connectivity index (χ3v) is 3.69. The Balaban J connectivity index is 2.84. The summed E-state index contributed by atoms with van der Waals surface area (Å²) in [6, 6.07) is 0. The van der Waals surface area contributed by atoms with E-state index in [1.165, 1.54) is 0 Å². The van der Waals surface area contributed by atoms with Crippen molar-refractivity contribution in [2.24, 2.45) is 0 Å². The van der Waals surface area contributed by atoms with E-state index in [2.05, 4.69) is 5.32 Å². The maximum atomic E-state index is 12.7. The molecule has 0 radical (unpaired) electrons. The average Bonchev–Trinajstić information content (AvgIpc) is 2.27. The van der Waals surface area contributed by atoms with E-state index in [9.17, 15) is 9.59 Å². The smallest absolute Gasteiger partial charge is 0.305 e. The van der Waals surface area contributed by atoms with Crippen LogP contribution in [0, 0.1) is 0 Å². The summed E-state index contributed by atoms with van der Waals surface area (Å²) in [7, 11) is 0. The Labute approximate surface area is 115 Å². The SMILES string of the molecule is CC1(C(=O)N(CCC(=O)O)C(C)(C)C)CCCCN1. The second-order valence-corrected chi connectivity index (χ2v) is 6.49. The van der Waals surface area contributed by atoms with Gasteiger partial charge in [-0.3, -0.25) is 9.59 Å². The first-order valence-corrected chi connectivity index (χ1v) is 6.96. The first-order valence-electron chi connectivity index (χ1n) is 6.96. The van der Waals surface area contributed by atoms with Crippen molar-refractivity contribution >= 4 is 11.9 Å². The fraction of sp³-hybridized carbons (Fsp3) is 0.857. The van der Waals surface area contributed by atoms with Crippen LogP contribution in [-0.4, -0.2) is 46.1 Å². The van der Waals surface area contributed by atoms with Crippen LogP contribution >= 0.6 is 0 Å². The van der Waals surface area contributed by atoms with Gasteiger partial charge in [0.2, 0.25) is 5.91 Å². The molecule has 2 N–H and O–H groups in total. The van der Waals surface area contributed by atoms with E-state index in [0.29, 0.717) is 0 Å². The van der Waals surface area contributed by atoms with Crippen molar-refractivity contribution in [3.63, 3.8) is 0 Å². The molecule has 110 valence electrons. The standard InChI is InChI=1S/C14H26N2O3/c1-13(2,3)16(10-7-11(17)18)12(19)14(4)8-5-6-9-15-14/h15H,5-10H2,1-4H3,(H,17,18). The fourth-order valence-electron chi connectivity index (χ4n) is 2.49. The summed E-state index contributed by atoms with van der Waals surface area (Å²) in [6.07, 6.45) is 2.92. The van der Waals surface area contributed by atoms with E-state index in [-0.39, 0.29) is 24.4 Å². The minimum absolute atomic E-state index is 0.0148. The van der Waals surface area contributed by atoms with E-state index in [0.717, 1.165) is 25.8 Å². The number of carboxylic acids is 1. The molecule has 0 aromatic carbocycles. The number of hydrogen-bond acceptors (Lipinski definition) is 3. The largest absolute Gasteiger partial charge is 0.481 e. The van der Waals surface area contributed by atoms with Crippen LogP contribution in [0.3, 0.4) is 0 Å². The van der Waals surface area contributed by atoms with Gasteiger partial charge < -0.3 is 15.3 Å². The minimum atomic E-state index is -0.871. The van der Waals surface area contributed by atoms with Gasteiger partial charge in [0.05, 0.1) is 12.0 Å². The molecule has 1 amide bonds. The van der Waals surface area contributed by atoms with Gasteiger partial charge in [-0.05, 0) is 53.5 Å². The molecular formula is C14H26N2O3. The highest BCUT2D eigenvalue weighted by atomic mass is 16.4. The molecule has 1 atom stereocenters. The van der Waals surface area contributed by atoms with Gasteiger partial charge in [0.15, 0.2) is 0 Å². The number of nitrogens with zero attached hydrogens (tertiary/aromatic N) is 1. The Morgan fingerprint density at radius 3 is 2.37 bits per heavy atom. The van der Waals surface area contributed by atoms with Crippen LogP contribution in [0.15, 0.2) is 0 Å². The molecule has 1 aliphatic heterocycles. The summed E-state index contributed by atoms with van der Waals surface area (Å²) in [5, 5.41) is 12.1. The quantitative estimate of drug-likeness (QED) is 0.814. The summed E-state index contributed by atoms with van der Waals surface area (Å²) in [6.45, 7) is 8.86. The van der Waals surface area contributed by atoms with E-state index >= 15 is 0 Å². The zero-order valence-corrected chi connectivity index (χ0v) is 12.5. The molecule has 5 nitrogen and oxygen atoms in total. The molecule has 1 unspecified atom stereocenters. The number of hydrogen-bond donors (Lipinski definition) is 2. The van der Waals surface area contributed by atoms with Crippen molar-refractivity contribution in [2.75, 3.05) is 13.1 Å². The van der Waals surface area contributed by atoms with Crippen LogP contribution in [0.4, 0.5) is 0 Å². The Morgan fingerprint density at radius 1 is 1.32 bits per heavy atom. The number of carboxylic acid groups (broad SMARTS) is 1. The molecule has 0 aromatic rings. The van der Waals surface area contributed by atoms with E-state index in [4.69, 9.17) is 5.11 Å². The van der Waals surface area contributed by atoms with Gasteiger partial charge in [0.25, 0.3) is 0 Å². The Kier molecular flexibility index (Phi) is 4.96. The predicted octanol–water partition coefficient (Wildman–Crippen LogP) is 1.62. The van der Waals surface area contributed by atoms with Crippen LogP contribution in [0.25, 0.3) is 0 Å². The van der Waals surface area contributed by atoms with Gasteiger partial charge in [-0.2, -0.15) is 0 Å². The molecule has 5 heteroatoms. The van der Waals surface area contributed by atoms with Crippen LogP contribution < -0.4 is 5.32 Å². The average molecular weight is 270 g/mol. The Morgan fingerprint density at radius 2 is 1.95 bits per heavy atom. The van der Waals surface area contributed by atoms with Gasteiger partial charge in [0, 0.05) is 12.1 Å². The molecule has 0 aliphatic carbocycles. The Bertz CT molecular complexity index is 341. The van der Waals surface area contributed by atoms with Crippen molar-refractivity contribution in [3.8, 4) is 0 Å². The van der Waals surface area contributed by atoms with E-state index in [1.54, 1.807) is 4.90 Å². The second-order valence-electron chi connectivity index (χ2n) is 6.49. The van der Waals surface area contributed by atoms with Gasteiger partial charge in [-0.15, -0.1) is 0 Å². The van der Waals surface area contributed by atoms with Crippen molar-refractivity contribution in [1.29, 1.82) is 0 Å². The number of amides is 1. The number of piperidine rings is 1. The summed E-state index contributed by atoms with van der Waals surface area (Å²) >= 11 is 0. The zero-order chi connectivity index (χ0) is 14.7. The molecule has 19 heavy (non-hydrogen) atoms. The first-order chi connectivity index (χ1) is 8.67. The normalized spacial score (nSPS) is 24.0. The van der Waals surface area contributed by atoms with Crippen molar-refractivity contribution < 1.29 is 14.7 Å². The van der Waals surface area contributed by atoms with Crippen LogP contribution in [0.1, 0.15) is 53.4 Å². The highest BCUT2D eigenvalue weighted by molar-refractivity contribution is 5.87. The van der Waals surface area contributed by atoms with Gasteiger partial charge in [-0.25, -0.2) is 0 Å². The third-order valence-electron chi connectivity index (χ3n) is 3.69. The highest BCUT2D eigenvalue weighted by Crippen LogP contribution is 2.25. The lowest BCUT2D eigenvalue weighted by Gasteiger charge is -2.43. The summed E-state index contributed by atoms with van der Waals surface area (Å²) in [5.41, 5.74) is -0.918. The monoisotopic (exact) mass is 270 g/mol. The molecule has 0 aromatic heterocycles. The lowest BCUT2D eigenvalue weighted by Crippen LogP contribution is -2.61. The van der Waals surface area contributed by atoms with Crippen molar-refractivity contribution in [3.05, 3.63) is 0 Å². The molecule has 1 heterocycles. The number of rotatable bonds is 4. The van der Waals surface area contributed by atoms with E-state index in [1.807, 2.05) is 27.7 Å². The summed E-state index contributed by atoms with van der Waals surface area (Å²) in [4.78, 5) is 25.2. The maximum Gasteiger partial charge on any atom is 0.305 e. The molecule has 0 spiro atoms. The highest BCUT2D eigenvalue weighted by Gasteiger charge is 2.40. The minimum Gasteiger partial charge on any atom is -0.481 e. The van der Waals surface area contributed by atoms with Crippen LogP contribution in [0.5, 0.6) is 0 Å². The van der Waals surface area contributed by atoms with Crippen LogP contribution in [-0.2, 0) is 9.59 Å². The van der Waals surface area contributed by atoms with Crippen molar-refractivity contribution in [2.45, 2.75) is 64.5 Å². The predicted molar refractivity (Wildman–Crippen MR) is 74.0 cm³/mol. The number of carbonyl (C=O) groups excluding carboxylic acids is 1. The molecule has 0 saturated carbocycles. The number of nitrogens with one attached hydrogen (secondary N) is 1. The molecule has 1 rings (SSSR count). The Hall–Kier alpha value is -1.10. The first kappa shape index (κ1) is 16.0.